The monoisotopic (exact) mass is 286 g/mol. The molecule has 0 aromatic heterocycles. The fourth-order valence-electron chi connectivity index (χ4n) is 2.41. The van der Waals surface area contributed by atoms with E-state index in [-0.39, 0.29) is 0 Å². The molecule has 0 aliphatic heterocycles. The highest BCUT2D eigenvalue weighted by molar-refractivity contribution is 6.12. The molecule has 3 rings (SSSR count). The van der Waals surface area contributed by atoms with Crippen molar-refractivity contribution < 1.29 is 0 Å². The third-order valence-electron chi connectivity index (χ3n) is 3.63. The van der Waals surface area contributed by atoms with Crippen LogP contribution in [0.2, 0.25) is 0 Å². The lowest BCUT2D eigenvalue weighted by molar-refractivity contribution is 1.06. The Morgan fingerprint density at radius 3 is 1.68 bits per heavy atom. The van der Waals surface area contributed by atoms with Gasteiger partial charge in [0.25, 0.3) is 0 Å². The molecule has 0 saturated heterocycles. The van der Waals surface area contributed by atoms with Crippen molar-refractivity contribution in [3.63, 3.8) is 0 Å². The quantitative estimate of drug-likeness (QED) is 0.471. The van der Waals surface area contributed by atoms with E-state index in [1.165, 1.54) is 11.1 Å². The summed E-state index contributed by atoms with van der Waals surface area (Å²) in [6, 6.07) is 29.3. The van der Waals surface area contributed by atoms with Crippen molar-refractivity contribution in [1.29, 1.82) is 0 Å². The highest BCUT2D eigenvalue weighted by Crippen LogP contribution is 2.13. The zero-order valence-corrected chi connectivity index (χ0v) is 12.7. The number of nitrogens with zero attached hydrogens (tertiary/aromatic N) is 1. The van der Waals surface area contributed by atoms with E-state index in [1.54, 1.807) is 0 Å². The van der Waals surface area contributed by atoms with Crippen LogP contribution >= 0.6 is 0 Å². The first-order valence-electron chi connectivity index (χ1n) is 7.54. The normalized spacial score (nSPS) is 10.2. The van der Waals surface area contributed by atoms with Crippen molar-refractivity contribution in [2.24, 2.45) is 4.99 Å². The Bertz CT molecular complexity index is 699. The molecule has 1 nitrogen and oxygen atoms in total. The van der Waals surface area contributed by atoms with Crippen LogP contribution in [0.25, 0.3) is 0 Å². The third-order valence-corrected chi connectivity index (χ3v) is 3.63. The fourth-order valence-corrected chi connectivity index (χ4v) is 2.41. The zero-order chi connectivity index (χ0) is 15.2. The molecule has 0 spiro atoms. The van der Waals surface area contributed by atoms with Gasteiger partial charge in [0.2, 0.25) is 0 Å². The number of hydrogen-bond donors (Lipinski definition) is 0. The highest BCUT2D eigenvalue weighted by Gasteiger charge is 2.05. The van der Waals surface area contributed by atoms with Gasteiger partial charge in [-0.3, -0.25) is 4.99 Å². The zero-order valence-electron chi connectivity index (χ0n) is 12.7. The van der Waals surface area contributed by atoms with Gasteiger partial charge in [-0.2, -0.15) is 0 Å². The third kappa shape index (κ3) is 3.50. The molecule has 22 heavy (non-hydrogen) atoms. The molecule has 3 aromatic rings. The Balaban J connectivity index is 1.95. The minimum absolute atomic E-state index is 0.694. The van der Waals surface area contributed by atoms with Crippen molar-refractivity contribution in [2.75, 3.05) is 0 Å². The first kappa shape index (κ1) is 14.3. The predicted octanol–water partition coefficient (Wildman–Crippen LogP) is 5.03. The van der Waals surface area contributed by atoms with Gasteiger partial charge in [-0.15, -0.1) is 0 Å². The second-order valence-corrected chi connectivity index (χ2v) is 5.38. The summed E-state index contributed by atoms with van der Waals surface area (Å²) in [5.41, 5.74) is 5.86. The topological polar surface area (TPSA) is 12.4 Å². The first-order chi connectivity index (χ1) is 10.8. The summed E-state index contributed by atoms with van der Waals surface area (Å²) >= 11 is 0. The summed E-state index contributed by atoms with van der Waals surface area (Å²) in [7, 11) is 0. The van der Waals surface area contributed by atoms with Gasteiger partial charge in [0.05, 0.1) is 12.3 Å². The lowest BCUT2D eigenvalue weighted by atomic mass is 10.0. The molecule has 0 aliphatic rings. The van der Waals surface area contributed by atoms with E-state index in [0.29, 0.717) is 6.54 Å². The number of benzene rings is 3. The molecule has 0 saturated carbocycles. The molecule has 3 aromatic carbocycles. The van der Waals surface area contributed by atoms with E-state index in [0.717, 1.165) is 16.8 Å². The second kappa shape index (κ2) is 6.86. The fraction of sp³-hybridized carbons (Fsp3) is 0.0952. The average molecular weight is 286 g/mol. The second-order valence-electron chi connectivity index (χ2n) is 5.38. The molecule has 0 atom stereocenters. The minimum atomic E-state index is 0.694. The van der Waals surface area contributed by atoms with E-state index in [1.807, 2.05) is 12.1 Å². The molecular formula is C21H19N. The van der Waals surface area contributed by atoms with Gasteiger partial charge in [0, 0.05) is 11.1 Å². The Hall–Kier alpha value is -2.67. The summed E-state index contributed by atoms with van der Waals surface area (Å²) in [6.07, 6.45) is 0. The van der Waals surface area contributed by atoms with E-state index >= 15 is 0 Å². The summed E-state index contributed by atoms with van der Waals surface area (Å²) in [5, 5.41) is 0. The number of rotatable bonds is 4. The SMILES string of the molecule is Cc1ccc(C[15N]=C(c2ccccc2)c2ccccc2)cc1. The van der Waals surface area contributed by atoms with E-state index in [9.17, 15) is 0 Å². The molecule has 0 aliphatic carbocycles. The van der Waals surface area contributed by atoms with Crippen LogP contribution in [0.15, 0.2) is 89.9 Å². The highest BCUT2D eigenvalue weighted by atomic mass is 15.5. The van der Waals surface area contributed by atoms with Gasteiger partial charge < -0.3 is 0 Å². The summed E-state index contributed by atoms with van der Waals surface area (Å²) < 4.78 is 0. The van der Waals surface area contributed by atoms with Crippen LogP contribution in [-0.2, 0) is 6.54 Å². The molecule has 0 fully saturated rings. The van der Waals surface area contributed by atoms with Gasteiger partial charge in [0.15, 0.2) is 0 Å². The molecule has 0 unspecified atom stereocenters. The van der Waals surface area contributed by atoms with Crippen molar-refractivity contribution in [3.05, 3.63) is 107 Å². The Morgan fingerprint density at radius 2 is 1.18 bits per heavy atom. The molecule has 0 radical (unpaired) electrons. The lowest BCUT2D eigenvalue weighted by Crippen LogP contribution is -2.03. The van der Waals surface area contributed by atoms with Crippen molar-refractivity contribution in [3.8, 4) is 0 Å². The number of aryl methyl sites for hydroxylation is 1. The lowest BCUT2D eigenvalue weighted by Gasteiger charge is -2.08. The van der Waals surface area contributed by atoms with Crippen LogP contribution in [0.3, 0.4) is 0 Å². The van der Waals surface area contributed by atoms with E-state index in [2.05, 4.69) is 79.7 Å². The van der Waals surface area contributed by atoms with Crippen LogP contribution in [0, 0.1) is 6.92 Å². The van der Waals surface area contributed by atoms with Crippen LogP contribution in [0.5, 0.6) is 0 Å². The minimum Gasteiger partial charge on any atom is -0.279 e. The first-order valence-corrected chi connectivity index (χ1v) is 7.54. The standard InChI is InChI=1S/C21H19N/c1-17-12-14-18(15-13-17)16-22-21(19-8-4-2-5-9-19)20-10-6-3-7-11-20/h2-15H,16H2,1H3/i22+1. The molecular weight excluding hydrogens is 267 g/mol. The van der Waals surface area contributed by atoms with Crippen LogP contribution in [-0.4, -0.2) is 5.71 Å². The molecule has 0 N–H and O–H groups in total. The van der Waals surface area contributed by atoms with Gasteiger partial charge in [-0.1, -0.05) is 90.5 Å². The number of hydrogen-bond acceptors (Lipinski definition) is 1. The van der Waals surface area contributed by atoms with Gasteiger partial charge in [-0.25, -0.2) is 0 Å². The molecule has 0 heterocycles. The molecule has 1 heteroatoms. The predicted molar refractivity (Wildman–Crippen MR) is 93.4 cm³/mol. The van der Waals surface area contributed by atoms with Crippen LogP contribution in [0.1, 0.15) is 22.3 Å². The molecule has 108 valence electrons. The maximum absolute atomic E-state index is 4.88. The Labute approximate surface area is 132 Å². The smallest absolute Gasteiger partial charge is 0.0723 e. The van der Waals surface area contributed by atoms with Crippen molar-refractivity contribution in [2.45, 2.75) is 13.5 Å². The molecule has 0 amide bonds. The largest absolute Gasteiger partial charge is 0.279 e. The molecule has 0 bridgehead atoms. The maximum atomic E-state index is 4.88. The number of aliphatic imine (C=N–C) groups is 1. The van der Waals surface area contributed by atoms with Gasteiger partial charge in [0.1, 0.15) is 0 Å². The summed E-state index contributed by atoms with van der Waals surface area (Å²) in [5.74, 6) is 0. The van der Waals surface area contributed by atoms with Gasteiger partial charge >= 0.3 is 0 Å². The van der Waals surface area contributed by atoms with Crippen molar-refractivity contribution >= 4 is 5.71 Å². The summed E-state index contributed by atoms with van der Waals surface area (Å²) in [6.45, 7) is 2.80. The Morgan fingerprint density at radius 1 is 0.682 bits per heavy atom. The van der Waals surface area contributed by atoms with Gasteiger partial charge in [-0.05, 0) is 12.5 Å². The average Bonchev–Trinajstić information content (AvgIpc) is 2.59. The maximum Gasteiger partial charge on any atom is 0.0723 e. The van der Waals surface area contributed by atoms with Crippen LogP contribution < -0.4 is 0 Å². The van der Waals surface area contributed by atoms with E-state index < -0.39 is 0 Å². The van der Waals surface area contributed by atoms with E-state index in [4.69, 9.17) is 4.99 Å². The van der Waals surface area contributed by atoms with Crippen LogP contribution in [0.4, 0.5) is 0 Å². The van der Waals surface area contributed by atoms with Crippen molar-refractivity contribution in [1.82, 2.24) is 0 Å². The Kier molecular flexibility index (Phi) is 4.45. The summed E-state index contributed by atoms with van der Waals surface area (Å²) in [4.78, 5) is 4.88.